The summed E-state index contributed by atoms with van der Waals surface area (Å²) in [4.78, 5) is 37.6. The molecule has 0 bridgehead atoms. The normalized spacial score (nSPS) is 12.9. The van der Waals surface area contributed by atoms with E-state index in [1.807, 2.05) is 21.1 Å². The van der Waals surface area contributed by atoms with Crippen molar-refractivity contribution in [1.82, 2.24) is 0 Å². The van der Waals surface area contributed by atoms with Crippen LogP contribution in [0.2, 0.25) is 0 Å². The second-order valence-corrected chi connectivity index (χ2v) is 25.5. The maximum atomic E-state index is 12.9. The van der Waals surface area contributed by atoms with Crippen molar-refractivity contribution >= 4 is 17.9 Å². The van der Waals surface area contributed by atoms with Crippen LogP contribution in [0.25, 0.3) is 0 Å². The van der Waals surface area contributed by atoms with E-state index in [9.17, 15) is 19.5 Å². The lowest BCUT2D eigenvalue weighted by molar-refractivity contribution is -0.870. The Hall–Kier alpha value is -2.75. The van der Waals surface area contributed by atoms with Crippen molar-refractivity contribution in [3.63, 3.8) is 0 Å². The molecule has 0 aliphatic heterocycles. The van der Waals surface area contributed by atoms with Crippen LogP contribution in [-0.4, -0.2) is 87.4 Å². The Kier molecular flexibility index (Phi) is 63.1. The van der Waals surface area contributed by atoms with Crippen LogP contribution in [-0.2, 0) is 33.3 Å². The number of esters is 2. The minimum absolute atomic E-state index is 0.183. The lowest BCUT2D eigenvalue weighted by atomic mass is 10.0. The first kappa shape index (κ1) is 80.2. The van der Waals surface area contributed by atoms with Gasteiger partial charge in [-0.25, -0.2) is 4.79 Å². The lowest BCUT2D eigenvalue weighted by Gasteiger charge is -2.25. The highest BCUT2D eigenvalue weighted by molar-refractivity contribution is 5.71. The van der Waals surface area contributed by atoms with Crippen LogP contribution in [0.4, 0.5) is 0 Å². The molecule has 0 aromatic heterocycles. The lowest BCUT2D eigenvalue weighted by Crippen LogP contribution is -2.40. The highest BCUT2D eigenvalue weighted by atomic mass is 16.7. The van der Waals surface area contributed by atoms with Gasteiger partial charge >= 0.3 is 17.9 Å². The summed E-state index contributed by atoms with van der Waals surface area (Å²) in [6.45, 7) is 4.81. The van der Waals surface area contributed by atoms with Crippen LogP contribution >= 0.6 is 0 Å². The molecule has 0 rings (SSSR count). The van der Waals surface area contributed by atoms with E-state index < -0.39 is 24.3 Å². The third kappa shape index (κ3) is 66.6. The minimum atomic E-state index is -1.51. The van der Waals surface area contributed by atoms with Crippen molar-refractivity contribution in [1.29, 1.82) is 0 Å². The van der Waals surface area contributed by atoms with Gasteiger partial charge in [0.05, 0.1) is 34.4 Å². The average Bonchev–Trinajstić information content (AvgIpc) is 3.46. The van der Waals surface area contributed by atoms with Gasteiger partial charge in [-0.1, -0.05) is 332 Å². The Morgan fingerprint density at radius 2 is 0.687 bits per heavy atom. The van der Waals surface area contributed by atoms with E-state index in [4.69, 9.17) is 18.9 Å². The van der Waals surface area contributed by atoms with E-state index in [1.165, 1.54) is 244 Å². The molecular weight excluding hydrogens is 1030 g/mol. The fraction of sp³-hybridized carbons (Fsp3) is 0.851. The van der Waals surface area contributed by atoms with E-state index in [-0.39, 0.29) is 32.2 Å². The first-order valence-corrected chi connectivity index (χ1v) is 35.8. The molecule has 0 aromatic carbocycles. The molecule has 0 aliphatic rings. The number of allylic oxidation sites excluding steroid dienone is 8. The fourth-order valence-electron chi connectivity index (χ4n) is 10.7. The zero-order valence-corrected chi connectivity index (χ0v) is 55.6. The number of ether oxygens (including phenoxy) is 4. The van der Waals surface area contributed by atoms with Crippen molar-refractivity contribution in [3.05, 3.63) is 48.6 Å². The van der Waals surface area contributed by atoms with Crippen molar-refractivity contribution in [2.75, 3.05) is 47.5 Å². The topological polar surface area (TPSA) is 108 Å². The molecule has 9 nitrogen and oxygen atoms in total. The molecule has 486 valence electrons. The first-order chi connectivity index (χ1) is 40.6. The van der Waals surface area contributed by atoms with Gasteiger partial charge in [0.15, 0.2) is 6.10 Å². The highest BCUT2D eigenvalue weighted by Gasteiger charge is 2.25. The van der Waals surface area contributed by atoms with Gasteiger partial charge < -0.3 is 28.5 Å². The van der Waals surface area contributed by atoms with Crippen molar-refractivity contribution < 1.29 is 42.9 Å². The standard InChI is InChI=1S/C74H137NO8/c1-6-8-10-12-14-16-18-20-22-24-26-28-29-30-31-32-33-34-35-36-37-38-39-40-41-42-43-45-46-48-50-52-54-56-58-60-62-64-71(76)81-68-70(69-82-74(73(78)79)80-67-66-75(3,4)5)83-72(77)65-63-61-59-57-55-53-51-49-47-44-27-25-23-21-19-17-15-13-11-9-7-2/h9,11,15,17,21,23,27,44,70,74H,6-8,10,12-14,16,18-20,22,24-26,28-43,45-69H2,1-5H3/p+1/b11-9-,17-15-,23-21-,44-27-. The van der Waals surface area contributed by atoms with Crippen LogP contribution in [0.15, 0.2) is 48.6 Å². The molecule has 0 radical (unpaired) electrons. The number of nitrogens with zero attached hydrogens (tertiary/aromatic N) is 1. The molecule has 9 heteroatoms. The molecule has 0 aromatic rings. The third-order valence-electron chi connectivity index (χ3n) is 16.1. The molecular formula is C74H138NO8+. The molecule has 0 fully saturated rings. The summed E-state index contributed by atoms with van der Waals surface area (Å²) < 4.78 is 23.0. The van der Waals surface area contributed by atoms with Gasteiger partial charge in [0.2, 0.25) is 0 Å². The zero-order valence-electron chi connectivity index (χ0n) is 55.6. The van der Waals surface area contributed by atoms with Crippen LogP contribution in [0.5, 0.6) is 0 Å². The molecule has 1 N–H and O–H groups in total. The van der Waals surface area contributed by atoms with Crippen LogP contribution in [0.1, 0.15) is 348 Å². The summed E-state index contributed by atoms with van der Waals surface area (Å²) in [5, 5.41) is 9.74. The monoisotopic (exact) mass is 1170 g/mol. The molecule has 83 heavy (non-hydrogen) atoms. The maximum Gasteiger partial charge on any atom is 0.361 e. The number of carbonyl (C=O) groups excluding carboxylic acids is 2. The molecule has 0 aliphatic carbocycles. The number of hydrogen-bond donors (Lipinski definition) is 1. The quantitative estimate of drug-likeness (QED) is 0.0211. The number of likely N-dealkylation sites (N-methyl/N-ethyl adjacent to an activating group) is 1. The predicted octanol–water partition coefficient (Wildman–Crippen LogP) is 22.1. The summed E-state index contributed by atoms with van der Waals surface area (Å²) in [6, 6.07) is 0. The van der Waals surface area contributed by atoms with Gasteiger partial charge in [0.1, 0.15) is 13.2 Å². The Morgan fingerprint density at radius 1 is 0.373 bits per heavy atom. The van der Waals surface area contributed by atoms with Gasteiger partial charge in [-0.15, -0.1) is 0 Å². The summed E-state index contributed by atoms with van der Waals surface area (Å²) >= 11 is 0. The molecule has 0 spiro atoms. The predicted molar refractivity (Wildman–Crippen MR) is 355 cm³/mol. The Balaban J connectivity index is 3.98. The van der Waals surface area contributed by atoms with Crippen LogP contribution in [0, 0.1) is 0 Å². The number of aliphatic carboxylic acids is 1. The van der Waals surface area contributed by atoms with Gasteiger partial charge in [-0.2, -0.15) is 0 Å². The Labute approximate surface area is 514 Å². The zero-order chi connectivity index (χ0) is 60.5. The largest absolute Gasteiger partial charge is 0.477 e. The van der Waals surface area contributed by atoms with Crippen molar-refractivity contribution in [2.45, 2.75) is 360 Å². The van der Waals surface area contributed by atoms with Gasteiger partial charge in [0, 0.05) is 12.8 Å². The molecule has 2 atom stereocenters. The summed E-state index contributed by atoms with van der Waals surface area (Å²) in [7, 11) is 5.98. The average molecular weight is 1170 g/mol. The van der Waals surface area contributed by atoms with Gasteiger partial charge in [-0.3, -0.25) is 9.59 Å². The number of unbranched alkanes of at least 4 members (excludes halogenated alkanes) is 44. The van der Waals surface area contributed by atoms with E-state index >= 15 is 0 Å². The van der Waals surface area contributed by atoms with E-state index in [0.29, 0.717) is 23.9 Å². The van der Waals surface area contributed by atoms with Crippen LogP contribution in [0.3, 0.4) is 0 Å². The van der Waals surface area contributed by atoms with Crippen molar-refractivity contribution in [2.24, 2.45) is 0 Å². The summed E-state index contributed by atoms with van der Waals surface area (Å²) in [5.41, 5.74) is 0. The second kappa shape index (κ2) is 65.2. The van der Waals surface area contributed by atoms with E-state index in [2.05, 4.69) is 62.5 Å². The van der Waals surface area contributed by atoms with Crippen LogP contribution < -0.4 is 0 Å². The number of quaternary nitrogens is 1. The Morgan fingerprint density at radius 3 is 1.02 bits per heavy atom. The maximum absolute atomic E-state index is 12.9. The summed E-state index contributed by atoms with van der Waals surface area (Å²) in [6.07, 6.45) is 81.1. The SMILES string of the molecule is CC/C=C\C/C=C\C/C=C\C/C=C\CCCCCCCCCCC(=O)OC(COC(=O)CCCCCCCCCCCCCCCCCCCCCCCCCCCCCCCCCCCCCCC)COC(OCC[N+](C)(C)C)C(=O)O. The molecule has 2 unspecified atom stereocenters. The first-order valence-electron chi connectivity index (χ1n) is 35.8. The number of rotatable bonds is 67. The van der Waals surface area contributed by atoms with E-state index in [0.717, 1.165) is 70.6 Å². The number of carboxylic acids is 1. The number of hydrogen-bond acceptors (Lipinski definition) is 7. The highest BCUT2D eigenvalue weighted by Crippen LogP contribution is 2.19. The minimum Gasteiger partial charge on any atom is -0.477 e. The Bertz CT molecular complexity index is 1500. The smallest absolute Gasteiger partial charge is 0.361 e. The number of carboxylic acid groups (broad SMARTS) is 1. The van der Waals surface area contributed by atoms with Gasteiger partial charge in [-0.05, 0) is 51.4 Å². The van der Waals surface area contributed by atoms with E-state index in [1.54, 1.807) is 0 Å². The third-order valence-corrected chi connectivity index (χ3v) is 16.1. The second-order valence-electron chi connectivity index (χ2n) is 25.5. The number of carbonyl (C=O) groups is 3. The fourth-order valence-corrected chi connectivity index (χ4v) is 10.7. The summed E-state index contributed by atoms with van der Waals surface area (Å²) in [5.74, 6) is -2.00. The molecule has 0 amide bonds. The molecule has 0 saturated heterocycles. The van der Waals surface area contributed by atoms with Crippen molar-refractivity contribution in [3.8, 4) is 0 Å². The molecule has 0 heterocycles. The van der Waals surface area contributed by atoms with Gasteiger partial charge in [0.25, 0.3) is 6.29 Å². The molecule has 0 saturated carbocycles.